The van der Waals surface area contributed by atoms with E-state index < -0.39 is 59.1 Å². The second-order valence-corrected chi connectivity index (χ2v) is 7.92. The van der Waals surface area contributed by atoms with Crippen LogP contribution in [0.5, 0.6) is 0 Å². The molecule has 0 aliphatic carbocycles. The van der Waals surface area contributed by atoms with E-state index in [-0.39, 0.29) is 27.7 Å². The Morgan fingerprint density at radius 2 is 1.40 bits per heavy atom. The molecule has 1 aromatic heterocycles. The SMILES string of the molecule is O=c1cc(C(F)(F)F)nc(Nc2ccc(C(F)(F)F)cc2C(F)(F)F)n1Cc1cc(Cl)cc(Cl)c1. The molecule has 35 heavy (non-hydrogen) atoms. The fraction of sp³-hybridized carbons (Fsp3) is 0.200. The van der Waals surface area contributed by atoms with Crippen LogP contribution in [0.25, 0.3) is 0 Å². The summed E-state index contributed by atoms with van der Waals surface area (Å²) in [7, 11) is 0. The van der Waals surface area contributed by atoms with Gasteiger partial charge in [0.15, 0.2) is 5.69 Å². The van der Waals surface area contributed by atoms with Crippen molar-refractivity contribution in [2.75, 3.05) is 5.32 Å². The number of halogens is 11. The normalized spacial score (nSPS) is 12.7. The van der Waals surface area contributed by atoms with Crippen LogP contribution < -0.4 is 10.9 Å². The average Bonchev–Trinajstić information content (AvgIpc) is 2.67. The molecule has 0 aliphatic rings. The summed E-state index contributed by atoms with van der Waals surface area (Å²) in [5, 5.41) is 2.12. The van der Waals surface area contributed by atoms with Crippen molar-refractivity contribution in [1.82, 2.24) is 9.55 Å². The Morgan fingerprint density at radius 1 is 0.800 bits per heavy atom. The lowest BCUT2D eigenvalue weighted by molar-refractivity contribution is -0.143. The molecule has 15 heteroatoms. The Balaban J connectivity index is 2.19. The van der Waals surface area contributed by atoms with Gasteiger partial charge in [0.25, 0.3) is 5.56 Å². The van der Waals surface area contributed by atoms with Crippen LogP contribution in [0.4, 0.5) is 51.1 Å². The van der Waals surface area contributed by atoms with Gasteiger partial charge in [-0.3, -0.25) is 9.36 Å². The van der Waals surface area contributed by atoms with E-state index in [0.717, 1.165) is 0 Å². The van der Waals surface area contributed by atoms with Crippen LogP contribution in [0.3, 0.4) is 0 Å². The van der Waals surface area contributed by atoms with Gasteiger partial charge >= 0.3 is 18.5 Å². The Morgan fingerprint density at radius 3 is 1.91 bits per heavy atom. The molecule has 4 nitrogen and oxygen atoms in total. The fourth-order valence-corrected chi connectivity index (χ4v) is 3.54. The van der Waals surface area contributed by atoms with Crippen LogP contribution in [-0.4, -0.2) is 9.55 Å². The Kier molecular flexibility index (Phi) is 7.06. The van der Waals surface area contributed by atoms with E-state index in [1.807, 2.05) is 5.32 Å². The smallest absolute Gasteiger partial charge is 0.325 e. The van der Waals surface area contributed by atoms with Crippen molar-refractivity contribution in [3.63, 3.8) is 0 Å². The second kappa shape index (κ2) is 9.26. The zero-order valence-corrected chi connectivity index (χ0v) is 18.2. The van der Waals surface area contributed by atoms with Gasteiger partial charge in [-0.1, -0.05) is 23.2 Å². The quantitative estimate of drug-likeness (QED) is 0.345. The molecule has 3 aromatic rings. The minimum Gasteiger partial charge on any atom is -0.325 e. The Hall–Kier alpha value is -2.93. The van der Waals surface area contributed by atoms with Gasteiger partial charge in [-0.05, 0) is 42.0 Å². The molecule has 0 aliphatic heterocycles. The van der Waals surface area contributed by atoms with Crippen LogP contribution in [0.2, 0.25) is 10.0 Å². The van der Waals surface area contributed by atoms with Gasteiger partial charge < -0.3 is 5.32 Å². The molecule has 0 fully saturated rings. The molecule has 3 rings (SSSR count). The minimum absolute atomic E-state index is 0.0945. The lowest BCUT2D eigenvalue weighted by Gasteiger charge is -2.20. The van der Waals surface area contributed by atoms with Gasteiger partial charge in [-0.15, -0.1) is 0 Å². The summed E-state index contributed by atoms with van der Waals surface area (Å²) in [5.74, 6) is -1.01. The van der Waals surface area contributed by atoms with Gasteiger partial charge in [0.2, 0.25) is 5.95 Å². The highest BCUT2D eigenvalue weighted by molar-refractivity contribution is 6.34. The highest BCUT2D eigenvalue weighted by atomic mass is 35.5. The lowest BCUT2D eigenvalue weighted by atomic mass is 10.1. The van der Waals surface area contributed by atoms with Crippen molar-refractivity contribution in [2.24, 2.45) is 0 Å². The van der Waals surface area contributed by atoms with Gasteiger partial charge in [0, 0.05) is 16.1 Å². The van der Waals surface area contributed by atoms with E-state index in [0.29, 0.717) is 16.7 Å². The number of aromatic nitrogens is 2. The molecule has 188 valence electrons. The van der Waals surface area contributed by atoms with Gasteiger partial charge in [-0.25, -0.2) is 4.98 Å². The Labute approximate surface area is 199 Å². The maximum Gasteiger partial charge on any atom is 0.433 e. The van der Waals surface area contributed by atoms with E-state index in [4.69, 9.17) is 23.2 Å². The van der Waals surface area contributed by atoms with Crippen LogP contribution in [-0.2, 0) is 25.1 Å². The zero-order chi connectivity index (χ0) is 26.3. The predicted molar refractivity (Wildman–Crippen MR) is 109 cm³/mol. The van der Waals surface area contributed by atoms with E-state index in [1.165, 1.54) is 18.2 Å². The molecule has 1 heterocycles. The number of nitrogens with one attached hydrogen (secondary N) is 1. The third kappa shape index (κ3) is 6.40. The highest BCUT2D eigenvalue weighted by Crippen LogP contribution is 2.40. The van der Waals surface area contributed by atoms with E-state index in [9.17, 15) is 44.3 Å². The first-order chi connectivity index (χ1) is 15.9. The highest BCUT2D eigenvalue weighted by Gasteiger charge is 2.39. The van der Waals surface area contributed by atoms with Crippen LogP contribution in [0.1, 0.15) is 22.4 Å². The van der Waals surface area contributed by atoms with Crippen molar-refractivity contribution in [3.05, 3.63) is 85.2 Å². The van der Waals surface area contributed by atoms with Crippen molar-refractivity contribution in [3.8, 4) is 0 Å². The Bertz CT molecular complexity index is 1290. The molecule has 0 saturated heterocycles. The number of rotatable bonds is 4. The number of anilines is 2. The topological polar surface area (TPSA) is 46.9 Å². The molecule has 0 spiro atoms. The molecule has 1 N–H and O–H groups in total. The first kappa shape index (κ1) is 26.7. The predicted octanol–water partition coefficient (Wildman–Crippen LogP) is 7.40. The molecule has 0 bridgehead atoms. The third-order valence-electron chi connectivity index (χ3n) is 4.46. The summed E-state index contributed by atoms with van der Waals surface area (Å²) in [5.41, 5.74) is -7.40. The molecule has 0 amide bonds. The minimum atomic E-state index is -5.34. The number of alkyl halides is 9. The largest absolute Gasteiger partial charge is 0.433 e. The third-order valence-corrected chi connectivity index (χ3v) is 4.90. The first-order valence-electron chi connectivity index (χ1n) is 9.14. The maximum absolute atomic E-state index is 13.5. The van der Waals surface area contributed by atoms with E-state index >= 15 is 0 Å². The van der Waals surface area contributed by atoms with Crippen LogP contribution in [0, 0.1) is 0 Å². The molecule has 0 atom stereocenters. The van der Waals surface area contributed by atoms with Crippen molar-refractivity contribution >= 4 is 34.8 Å². The average molecular weight is 550 g/mol. The van der Waals surface area contributed by atoms with Gasteiger partial charge in [0.1, 0.15) is 0 Å². The summed E-state index contributed by atoms with van der Waals surface area (Å²) < 4.78 is 120. The summed E-state index contributed by atoms with van der Waals surface area (Å²) in [6, 6.07) is 4.48. The summed E-state index contributed by atoms with van der Waals surface area (Å²) >= 11 is 11.7. The monoisotopic (exact) mass is 549 g/mol. The van der Waals surface area contributed by atoms with Crippen molar-refractivity contribution in [2.45, 2.75) is 25.1 Å². The number of hydrogen-bond acceptors (Lipinski definition) is 3. The van der Waals surface area contributed by atoms with E-state index in [1.54, 1.807) is 0 Å². The van der Waals surface area contributed by atoms with Gasteiger partial charge in [-0.2, -0.15) is 39.5 Å². The summed E-state index contributed by atoms with van der Waals surface area (Å²) in [4.78, 5) is 15.7. The van der Waals surface area contributed by atoms with E-state index in [2.05, 4.69) is 4.98 Å². The number of hydrogen-bond donors (Lipinski definition) is 1. The molecule has 0 unspecified atom stereocenters. The second-order valence-electron chi connectivity index (χ2n) is 7.05. The lowest BCUT2D eigenvalue weighted by Crippen LogP contribution is -2.27. The number of benzene rings is 2. The molecule has 0 radical (unpaired) electrons. The fourth-order valence-electron chi connectivity index (χ4n) is 2.97. The number of nitrogens with zero attached hydrogens (tertiary/aromatic N) is 2. The molecular weight excluding hydrogens is 540 g/mol. The first-order valence-corrected chi connectivity index (χ1v) is 9.90. The van der Waals surface area contributed by atoms with Crippen LogP contribution in [0.15, 0.2) is 47.3 Å². The van der Waals surface area contributed by atoms with Gasteiger partial charge in [0.05, 0.1) is 23.4 Å². The maximum atomic E-state index is 13.5. The summed E-state index contributed by atoms with van der Waals surface area (Å²) in [6.45, 7) is -0.533. The molecular formula is C20H10Cl2F9N3O. The van der Waals surface area contributed by atoms with Crippen LogP contribution >= 0.6 is 23.2 Å². The van der Waals surface area contributed by atoms with Crippen molar-refractivity contribution in [1.29, 1.82) is 0 Å². The zero-order valence-electron chi connectivity index (χ0n) is 16.7. The van der Waals surface area contributed by atoms with Crippen molar-refractivity contribution < 1.29 is 39.5 Å². The molecule has 2 aromatic carbocycles. The standard InChI is InChI=1S/C20H10Cl2F9N3O/c21-11-3-9(4-12(22)6-11)8-34-16(35)7-15(20(29,30)31)33-17(34)32-14-2-1-10(18(23,24)25)5-13(14)19(26,27)28/h1-7H,8H2,(H,32,33). The summed E-state index contributed by atoms with van der Waals surface area (Å²) in [6.07, 6.45) is -15.6. The molecule has 0 saturated carbocycles.